The molecule has 1 heterocycles. The van der Waals surface area contributed by atoms with Gasteiger partial charge in [0.15, 0.2) is 0 Å². The summed E-state index contributed by atoms with van der Waals surface area (Å²) >= 11 is 1.82. The summed E-state index contributed by atoms with van der Waals surface area (Å²) in [6, 6.07) is 18.3. The predicted molar refractivity (Wildman–Crippen MR) is 110 cm³/mol. The molecule has 0 bridgehead atoms. The zero-order chi connectivity index (χ0) is 18.5. The van der Waals surface area contributed by atoms with Crippen LogP contribution >= 0.6 is 11.8 Å². The van der Waals surface area contributed by atoms with Crippen LogP contribution in [0.15, 0.2) is 54.6 Å². The summed E-state index contributed by atoms with van der Waals surface area (Å²) in [6.07, 6.45) is 5.96. The van der Waals surface area contributed by atoms with E-state index in [9.17, 15) is 4.79 Å². The lowest BCUT2D eigenvalue weighted by Gasteiger charge is -2.29. The summed E-state index contributed by atoms with van der Waals surface area (Å²) in [5.74, 6) is 2.59. The highest BCUT2D eigenvalue weighted by Crippen LogP contribution is 2.39. The first-order chi connectivity index (χ1) is 13.3. The SMILES string of the molecule is O=C(NC1CCCCC1)N1CCS[C@H]1c1cccc(Oc2ccccc2)c1. The first-order valence-corrected chi connectivity index (χ1v) is 10.9. The number of carbonyl (C=O) groups excluding carboxylic acids is 1. The molecule has 2 amide bonds. The molecule has 0 spiro atoms. The van der Waals surface area contributed by atoms with Gasteiger partial charge in [0, 0.05) is 18.3 Å². The first kappa shape index (κ1) is 18.2. The van der Waals surface area contributed by atoms with E-state index in [1.807, 2.05) is 59.1 Å². The van der Waals surface area contributed by atoms with Crippen molar-refractivity contribution in [2.24, 2.45) is 0 Å². The molecule has 4 nitrogen and oxygen atoms in total. The second-order valence-electron chi connectivity index (χ2n) is 7.19. The number of amides is 2. The van der Waals surface area contributed by atoms with Crippen molar-refractivity contribution >= 4 is 17.8 Å². The van der Waals surface area contributed by atoms with Crippen molar-refractivity contribution in [3.8, 4) is 11.5 Å². The van der Waals surface area contributed by atoms with Gasteiger partial charge in [0.05, 0.1) is 0 Å². The van der Waals surface area contributed by atoms with E-state index < -0.39 is 0 Å². The number of rotatable bonds is 4. The molecular weight excluding hydrogens is 356 g/mol. The van der Waals surface area contributed by atoms with Gasteiger partial charge in [-0.1, -0.05) is 49.6 Å². The smallest absolute Gasteiger partial charge is 0.318 e. The van der Waals surface area contributed by atoms with Gasteiger partial charge in [-0.15, -0.1) is 11.8 Å². The number of thioether (sulfide) groups is 1. The number of ether oxygens (including phenoxy) is 1. The molecule has 0 aromatic heterocycles. The maximum atomic E-state index is 12.8. The quantitative estimate of drug-likeness (QED) is 0.752. The van der Waals surface area contributed by atoms with Gasteiger partial charge in [0.1, 0.15) is 16.9 Å². The maximum Gasteiger partial charge on any atom is 0.318 e. The lowest BCUT2D eigenvalue weighted by Crippen LogP contribution is -2.45. The molecule has 2 aromatic rings. The van der Waals surface area contributed by atoms with Crippen LogP contribution in [0, 0.1) is 0 Å². The third kappa shape index (κ3) is 4.59. The molecule has 1 saturated heterocycles. The lowest BCUT2D eigenvalue weighted by atomic mass is 9.96. The molecule has 1 aliphatic heterocycles. The molecule has 4 rings (SSSR count). The Hall–Kier alpha value is -2.14. The van der Waals surface area contributed by atoms with Gasteiger partial charge in [-0.25, -0.2) is 4.79 Å². The molecule has 1 atom stereocenters. The topological polar surface area (TPSA) is 41.6 Å². The van der Waals surface area contributed by atoms with Crippen LogP contribution in [0.1, 0.15) is 43.0 Å². The number of benzene rings is 2. The van der Waals surface area contributed by atoms with E-state index in [0.29, 0.717) is 6.04 Å². The van der Waals surface area contributed by atoms with Gasteiger partial charge < -0.3 is 15.0 Å². The Morgan fingerprint density at radius 2 is 1.78 bits per heavy atom. The summed E-state index contributed by atoms with van der Waals surface area (Å²) in [5, 5.41) is 3.31. The molecule has 0 radical (unpaired) electrons. The number of para-hydroxylation sites is 1. The molecule has 1 aliphatic carbocycles. The summed E-state index contributed by atoms with van der Waals surface area (Å²) in [7, 11) is 0. The van der Waals surface area contributed by atoms with Crippen molar-refractivity contribution in [1.29, 1.82) is 0 Å². The number of nitrogens with one attached hydrogen (secondary N) is 1. The van der Waals surface area contributed by atoms with Crippen LogP contribution in [0.4, 0.5) is 4.79 Å². The fraction of sp³-hybridized carbons (Fsp3) is 0.409. The zero-order valence-corrected chi connectivity index (χ0v) is 16.3. The largest absolute Gasteiger partial charge is 0.457 e. The van der Waals surface area contributed by atoms with Gasteiger partial charge in [-0.2, -0.15) is 0 Å². The van der Waals surface area contributed by atoms with Crippen LogP contribution < -0.4 is 10.1 Å². The third-order valence-corrected chi connectivity index (χ3v) is 6.47. The molecule has 142 valence electrons. The predicted octanol–water partition coefficient (Wildman–Crippen LogP) is 5.57. The number of carbonyl (C=O) groups is 1. The average Bonchev–Trinajstić information content (AvgIpc) is 3.20. The second-order valence-corrected chi connectivity index (χ2v) is 8.38. The Balaban J connectivity index is 1.45. The fourth-order valence-corrected chi connectivity index (χ4v) is 5.06. The monoisotopic (exact) mass is 382 g/mol. The van der Waals surface area contributed by atoms with Gasteiger partial charge >= 0.3 is 6.03 Å². The van der Waals surface area contributed by atoms with Crippen molar-refractivity contribution in [3.63, 3.8) is 0 Å². The molecule has 0 unspecified atom stereocenters. The molecule has 1 N–H and O–H groups in total. The van der Waals surface area contributed by atoms with E-state index >= 15 is 0 Å². The minimum absolute atomic E-state index is 0.0490. The molecular formula is C22H26N2O2S. The third-order valence-electron chi connectivity index (χ3n) is 5.21. The van der Waals surface area contributed by atoms with Crippen molar-refractivity contribution in [1.82, 2.24) is 10.2 Å². The Kier molecular flexibility index (Phi) is 5.87. The standard InChI is InChI=1S/C22H26N2O2S/c25-22(23-18-9-3-1-4-10-18)24-14-15-27-21(24)17-8-7-13-20(16-17)26-19-11-5-2-6-12-19/h2,5-8,11-13,16,18,21H,1,3-4,9-10,14-15H2,(H,23,25)/t21-/m0/s1. The molecule has 2 aromatic carbocycles. The number of hydrogen-bond acceptors (Lipinski definition) is 3. The van der Waals surface area contributed by atoms with Crippen molar-refractivity contribution < 1.29 is 9.53 Å². The summed E-state index contributed by atoms with van der Waals surface area (Å²) in [4.78, 5) is 14.8. The van der Waals surface area contributed by atoms with Gasteiger partial charge in [0.2, 0.25) is 0 Å². The minimum Gasteiger partial charge on any atom is -0.457 e. The van der Waals surface area contributed by atoms with Crippen molar-refractivity contribution in [2.75, 3.05) is 12.3 Å². The van der Waals surface area contributed by atoms with Crippen molar-refractivity contribution in [3.05, 3.63) is 60.2 Å². The second kappa shape index (κ2) is 8.70. The summed E-state index contributed by atoms with van der Waals surface area (Å²) in [5.41, 5.74) is 1.12. The van der Waals surface area contributed by atoms with Crippen molar-refractivity contribution in [2.45, 2.75) is 43.5 Å². The van der Waals surface area contributed by atoms with E-state index in [0.717, 1.165) is 42.2 Å². The highest BCUT2D eigenvalue weighted by atomic mass is 32.2. The van der Waals surface area contributed by atoms with Crippen LogP contribution in [0.25, 0.3) is 0 Å². The average molecular weight is 383 g/mol. The highest BCUT2D eigenvalue weighted by Gasteiger charge is 2.32. The summed E-state index contributed by atoms with van der Waals surface area (Å²) < 4.78 is 5.97. The Bertz CT molecular complexity index is 762. The van der Waals surface area contributed by atoms with E-state index in [2.05, 4.69) is 17.4 Å². The molecule has 2 fully saturated rings. The molecule has 5 heteroatoms. The van der Waals surface area contributed by atoms with E-state index in [4.69, 9.17) is 4.74 Å². The van der Waals surface area contributed by atoms with E-state index in [-0.39, 0.29) is 11.4 Å². The molecule has 1 saturated carbocycles. The zero-order valence-electron chi connectivity index (χ0n) is 15.5. The first-order valence-electron chi connectivity index (χ1n) is 9.81. The van der Waals surface area contributed by atoms with Crippen LogP contribution in [0.5, 0.6) is 11.5 Å². The number of urea groups is 1. The normalized spacial score (nSPS) is 20.4. The van der Waals surface area contributed by atoms with Crippen LogP contribution in [0.2, 0.25) is 0 Å². The molecule has 27 heavy (non-hydrogen) atoms. The maximum absolute atomic E-state index is 12.8. The Labute approximate surface area is 165 Å². The van der Waals surface area contributed by atoms with Gasteiger partial charge in [-0.05, 0) is 42.7 Å². The van der Waals surface area contributed by atoms with Crippen LogP contribution in [0.3, 0.4) is 0 Å². The molecule has 2 aliphatic rings. The highest BCUT2D eigenvalue weighted by molar-refractivity contribution is 7.99. The number of hydrogen-bond donors (Lipinski definition) is 1. The summed E-state index contributed by atoms with van der Waals surface area (Å²) in [6.45, 7) is 0.789. The minimum atomic E-state index is 0.0490. The van der Waals surface area contributed by atoms with Gasteiger partial charge in [0.25, 0.3) is 0 Å². The number of nitrogens with zero attached hydrogens (tertiary/aromatic N) is 1. The lowest BCUT2D eigenvalue weighted by molar-refractivity contribution is 0.192. The van der Waals surface area contributed by atoms with Crippen LogP contribution in [-0.2, 0) is 0 Å². The van der Waals surface area contributed by atoms with Gasteiger partial charge in [-0.3, -0.25) is 0 Å². The fourth-order valence-electron chi connectivity index (χ4n) is 3.81. The Morgan fingerprint density at radius 3 is 2.59 bits per heavy atom. The van der Waals surface area contributed by atoms with E-state index in [1.165, 1.54) is 19.3 Å². The van der Waals surface area contributed by atoms with Crippen LogP contribution in [-0.4, -0.2) is 29.3 Å². The Morgan fingerprint density at radius 1 is 1.00 bits per heavy atom. The van der Waals surface area contributed by atoms with E-state index in [1.54, 1.807) is 0 Å².